The van der Waals surface area contributed by atoms with Gasteiger partial charge in [0, 0.05) is 29.8 Å². The molecule has 4 N–H and O–H groups in total. The molecule has 0 aliphatic carbocycles. The maximum atomic E-state index is 13.5. The van der Waals surface area contributed by atoms with Crippen LogP contribution < -0.4 is 16.4 Å². The SMILES string of the molecule is NC(=O)CN1CCC(NC(=O)N[C@@H]2CCSc3ccc(F)cc32)CC1. The van der Waals surface area contributed by atoms with Crippen molar-refractivity contribution in [3.05, 3.63) is 29.6 Å². The number of amides is 3. The summed E-state index contributed by atoms with van der Waals surface area (Å²) in [4.78, 5) is 26.3. The average Bonchev–Trinajstić information content (AvgIpc) is 2.57. The number of nitrogens with one attached hydrogen (secondary N) is 2. The number of nitrogens with two attached hydrogens (primary N) is 1. The maximum Gasteiger partial charge on any atom is 0.315 e. The first-order valence-corrected chi connectivity index (χ1v) is 9.50. The van der Waals surface area contributed by atoms with Gasteiger partial charge in [0.1, 0.15) is 5.82 Å². The van der Waals surface area contributed by atoms with Gasteiger partial charge in [0.2, 0.25) is 5.91 Å². The number of halogens is 1. The average molecular weight is 366 g/mol. The molecule has 0 saturated carbocycles. The molecule has 1 fully saturated rings. The van der Waals surface area contributed by atoms with E-state index in [1.54, 1.807) is 17.8 Å². The van der Waals surface area contributed by atoms with Gasteiger partial charge in [-0.1, -0.05) is 0 Å². The maximum absolute atomic E-state index is 13.5. The molecular weight excluding hydrogens is 343 g/mol. The Labute approximate surface area is 150 Å². The van der Waals surface area contributed by atoms with Gasteiger partial charge < -0.3 is 16.4 Å². The van der Waals surface area contributed by atoms with E-state index in [2.05, 4.69) is 10.6 Å². The summed E-state index contributed by atoms with van der Waals surface area (Å²) < 4.78 is 13.5. The molecule has 0 bridgehead atoms. The lowest BCUT2D eigenvalue weighted by molar-refractivity contribution is -0.119. The van der Waals surface area contributed by atoms with Crippen molar-refractivity contribution < 1.29 is 14.0 Å². The van der Waals surface area contributed by atoms with Crippen LogP contribution in [0.5, 0.6) is 0 Å². The highest BCUT2D eigenvalue weighted by Gasteiger charge is 2.25. The molecule has 0 unspecified atom stereocenters. The molecule has 2 aliphatic heterocycles. The predicted octanol–water partition coefficient (Wildman–Crippen LogP) is 1.61. The van der Waals surface area contributed by atoms with Crippen LogP contribution in [-0.4, -0.2) is 48.3 Å². The van der Waals surface area contributed by atoms with Crippen LogP contribution in [0.3, 0.4) is 0 Å². The van der Waals surface area contributed by atoms with Crippen LogP contribution in [0.4, 0.5) is 9.18 Å². The zero-order valence-electron chi connectivity index (χ0n) is 14.0. The van der Waals surface area contributed by atoms with Crippen molar-refractivity contribution in [3.63, 3.8) is 0 Å². The van der Waals surface area contributed by atoms with Crippen molar-refractivity contribution >= 4 is 23.7 Å². The smallest absolute Gasteiger partial charge is 0.315 e. The Bertz CT molecular complexity index is 650. The van der Waals surface area contributed by atoms with Gasteiger partial charge in [0.05, 0.1) is 12.6 Å². The van der Waals surface area contributed by atoms with Gasteiger partial charge in [-0.15, -0.1) is 11.8 Å². The van der Waals surface area contributed by atoms with Crippen molar-refractivity contribution in [3.8, 4) is 0 Å². The van der Waals surface area contributed by atoms with Gasteiger partial charge in [-0.2, -0.15) is 0 Å². The molecule has 8 heteroatoms. The number of fused-ring (bicyclic) bond motifs is 1. The Balaban J connectivity index is 1.51. The summed E-state index contributed by atoms with van der Waals surface area (Å²) in [6.45, 7) is 1.74. The summed E-state index contributed by atoms with van der Waals surface area (Å²) in [5.74, 6) is 0.287. The predicted molar refractivity (Wildman–Crippen MR) is 94.8 cm³/mol. The van der Waals surface area contributed by atoms with E-state index in [0.717, 1.165) is 48.6 Å². The van der Waals surface area contributed by atoms with Crippen LogP contribution in [-0.2, 0) is 4.79 Å². The van der Waals surface area contributed by atoms with E-state index >= 15 is 0 Å². The fourth-order valence-electron chi connectivity index (χ4n) is 3.36. The van der Waals surface area contributed by atoms with Gasteiger partial charge >= 0.3 is 6.03 Å². The third-order valence-electron chi connectivity index (χ3n) is 4.62. The molecule has 3 amide bonds. The Morgan fingerprint density at radius 1 is 1.24 bits per heavy atom. The molecule has 1 saturated heterocycles. The van der Waals surface area contributed by atoms with E-state index in [9.17, 15) is 14.0 Å². The minimum atomic E-state index is -0.329. The zero-order valence-corrected chi connectivity index (χ0v) is 14.8. The lowest BCUT2D eigenvalue weighted by Crippen LogP contribution is -2.49. The highest BCUT2D eigenvalue weighted by atomic mass is 32.2. The number of urea groups is 1. The van der Waals surface area contributed by atoms with Gasteiger partial charge in [-0.3, -0.25) is 9.69 Å². The highest BCUT2D eigenvalue weighted by molar-refractivity contribution is 7.99. The number of rotatable bonds is 4. The van der Waals surface area contributed by atoms with Crippen LogP contribution in [0.15, 0.2) is 23.1 Å². The second-order valence-electron chi connectivity index (χ2n) is 6.51. The number of carbonyl (C=O) groups excluding carboxylic acids is 2. The second-order valence-corrected chi connectivity index (χ2v) is 7.64. The molecule has 2 aliphatic rings. The van der Waals surface area contributed by atoms with Crippen molar-refractivity contribution in [2.24, 2.45) is 5.73 Å². The molecule has 1 aromatic rings. The van der Waals surface area contributed by atoms with Crippen molar-refractivity contribution in [2.75, 3.05) is 25.4 Å². The molecule has 1 atom stereocenters. The number of hydrogen-bond acceptors (Lipinski definition) is 4. The third kappa shape index (κ3) is 4.85. The summed E-state index contributed by atoms with van der Waals surface area (Å²) in [5.41, 5.74) is 6.05. The first-order valence-electron chi connectivity index (χ1n) is 8.51. The molecule has 1 aromatic carbocycles. The van der Waals surface area contributed by atoms with Crippen molar-refractivity contribution in [1.29, 1.82) is 0 Å². The molecule has 25 heavy (non-hydrogen) atoms. The minimum Gasteiger partial charge on any atom is -0.369 e. The lowest BCUT2D eigenvalue weighted by Gasteiger charge is -2.32. The van der Waals surface area contributed by atoms with Gasteiger partial charge in [-0.25, -0.2) is 9.18 Å². The quantitative estimate of drug-likeness (QED) is 0.756. The summed E-state index contributed by atoms with van der Waals surface area (Å²) in [7, 11) is 0. The van der Waals surface area contributed by atoms with E-state index in [0.29, 0.717) is 0 Å². The molecule has 2 heterocycles. The Morgan fingerprint density at radius 3 is 2.72 bits per heavy atom. The lowest BCUT2D eigenvalue weighted by atomic mass is 10.0. The van der Waals surface area contributed by atoms with Gasteiger partial charge in [-0.05, 0) is 43.0 Å². The van der Waals surface area contributed by atoms with Crippen LogP contribution in [0, 0.1) is 5.82 Å². The summed E-state index contributed by atoms with van der Waals surface area (Å²) in [6.07, 6.45) is 2.35. The van der Waals surface area contributed by atoms with E-state index in [-0.39, 0.29) is 36.4 Å². The van der Waals surface area contributed by atoms with Crippen LogP contribution in [0.1, 0.15) is 30.9 Å². The fourth-order valence-corrected chi connectivity index (χ4v) is 4.46. The Morgan fingerprint density at radius 2 is 2.00 bits per heavy atom. The summed E-state index contributed by atoms with van der Waals surface area (Å²) in [6, 6.07) is 4.43. The van der Waals surface area contributed by atoms with Crippen LogP contribution >= 0.6 is 11.8 Å². The molecular formula is C17H23FN4O2S. The summed E-state index contributed by atoms with van der Waals surface area (Å²) in [5, 5.41) is 5.97. The topological polar surface area (TPSA) is 87.5 Å². The minimum absolute atomic E-state index is 0.0778. The number of nitrogens with zero attached hydrogens (tertiary/aromatic N) is 1. The Hall–Kier alpha value is -1.80. The summed E-state index contributed by atoms with van der Waals surface area (Å²) >= 11 is 1.69. The molecule has 0 aromatic heterocycles. The van der Waals surface area contributed by atoms with Crippen LogP contribution in [0.2, 0.25) is 0 Å². The number of carbonyl (C=O) groups is 2. The van der Waals surface area contributed by atoms with Crippen molar-refractivity contribution in [1.82, 2.24) is 15.5 Å². The van der Waals surface area contributed by atoms with Gasteiger partial charge in [0.25, 0.3) is 0 Å². The first-order chi connectivity index (χ1) is 12.0. The largest absolute Gasteiger partial charge is 0.369 e. The van der Waals surface area contributed by atoms with E-state index < -0.39 is 0 Å². The second kappa shape index (κ2) is 8.05. The van der Waals surface area contributed by atoms with Crippen LogP contribution in [0.25, 0.3) is 0 Å². The number of hydrogen-bond donors (Lipinski definition) is 3. The van der Waals surface area contributed by atoms with E-state index in [1.165, 1.54) is 12.1 Å². The molecule has 6 nitrogen and oxygen atoms in total. The monoisotopic (exact) mass is 366 g/mol. The first kappa shape index (κ1) is 18.0. The molecule has 3 rings (SSSR count). The van der Waals surface area contributed by atoms with Crippen molar-refractivity contribution in [2.45, 2.75) is 36.2 Å². The third-order valence-corrected chi connectivity index (χ3v) is 5.74. The van der Waals surface area contributed by atoms with E-state index in [1.807, 2.05) is 4.90 Å². The van der Waals surface area contributed by atoms with E-state index in [4.69, 9.17) is 5.73 Å². The van der Waals surface area contributed by atoms with Gasteiger partial charge in [0.15, 0.2) is 0 Å². The molecule has 136 valence electrons. The number of primary amides is 1. The number of likely N-dealkylation sites (tertiary alicyclic amines) is 1. The number of benzene rings is 1. The fraction of sp³-hybridized carbons (Fsp3) is 0.529. The Kier molecular flexibility index (Phi) is 5.80. The number of piperidine rings is 1. The zero-order chi connectivity index (χ0) is 17.8. The normalized spacial score (nSPS) is 21.4. The molecule has 0 radical (unpaired) electrons. The number of thioether (sulfide) groups is 1. The highest BCUT2D eigenvalue weighted by Crippen LogP contribution is 2.36. The molecule has 0 spiro atoms. The standard InChI is InChI=1S/C17H23FN4O2S/c18-11-1-2-15-13(9-11)14(5-8-25-15)21-17(24)20-12-3-6-22(7-4-12)10-16(19)23/h1-2,9,12,14H,3-8,10H2,(H2,19,23)(H2,20,21,24)/t14-/m1/s1.